The molecule has 4 aliphatic rings. The van der Waals surface area contributed by atoms with Crippen molar-refractivity contribution in [1.82, 2.24) is 5.06 Å². The van der Waals surface area contributed by atoms with Crippen LogP contribution in [0.2, 0.25) is 0 Å². The Hall–Kier alpha value is -6.43. The first-order valence-electron chi connectivity index (χ1n) is 23.5. The van der Waals surface area contributed by atoms with Gasteiger partial charge in [0.2, 0.25) is 5.69 Å². The molecule has 3 aliphatic heterocycles. The average Bonchev–Trinajstić information content (AvgIpc) is 3.83. The minimum Gasteiger partial charge on any atom is -0.344 e. The number of unbranched alkanes of at least 4 members (excludes halogenated alkanes) is 1. The first kappa shape index (κ1) is 45.7. The minimum atomic E-state index is -4.16. The molecule has 0 bridgehead atoms. The maximum atomic E-state index is 13.3. The van der Waals surface area contributed by atoms with E-state index in [1.165, 1.54) is 33.3 Å². The van der Waals surface area contributed by atoms with Crippen molar-refractivity contribution in [3.8, 4) is 0 Å². The van der Waals surface area contributed by atoms with E-state index in [-0.39, 0.29) is 36.0 Å². The molecule has 1 N–H and O–H groups in total. The Morgan fingerprint density at radius 1 is 0.761 bits per heavy atom. The molecule has 2 amide bonds. The van der Waals surface area contributed by atoms with Gasteiger partial charge in [0.05, 0.1) is 16.7 Å². The maximum absolute atomic E-state index is 13.3. The van der Waals surface area contributed by atoms with Crippen LogP contribution < -0.4 is 4.90 Å². The molecule has 5 aromatic carbocycles. The molecule has 9 rings (SSSR count). The number of carbonyl (C=O) groups excluding carboxylic acids is 3. The normalized spacial score (nSPS) is 19.3. The number of hydrogen-bond acceptors (Lipinski definition) is 7. The summed E-state index contributed by atoms with van der Waals surface area (Å²) in [5.41, 5.74) is 10.7. The van der Waals surface area contributed by atoms with E-state index in [9.17, 15) is 27.4 Å². The summed E-state index contributed by atoms with van der Waals surface area (Å²) >= 11 is 0. The maximum Gasteiger partial charge on any atom is 0.363 e. The van der Waals surface area contributed by atoms with Crippen molar-refractivity contribution in [1.29, 1.82) is 0 Å². The first-order chi connectivity index (χ1) is 32.1. The molecular formula is C56H58N3O7S+. The van der Waals surface area contributed by atoms with E-state index in [0.717, 1.165) is 83.1 Å². The van der Waals surface area contributed by atoms with Crippen LogP contribution in [0, 0.1) is 0 Å². The van der Waals surface area contributed by atoms with Crippen molar-refractivity contribution in [2.75, 3.05) is 23.7 Å². The van der Waals surface area contributed by atoms with Gasteiger partial charge in [-0.25, -0.2) is 4.79 Å². The second-order valence-corrected chi connectivity index (χ2v) is 20.7. The summed E-state index contributed by atoms with van der Waals surface area (Å²) in [6.45, 7) is 12.6. The fourth-order valence-corrected chi connectivity index (χ4v) is 11.3. The molecule has 1 fully saturated rings. The van der Waals surface area contributed by atoms with E-state index in [1.54, 1.807) is 12.1 Å². The highest BCUT2D eigenvalue weighted by molar-refractivity contribution is 7.85. The summed E-state index contributed by atoms with van der Waals surface area (Å²) < 4.78 is 36.0. The third-order valence-electron chi connectivity index (χ3n) is 14.0. The molecule has 67 heavy (non-hydrogen) atoms. The lowest BCUT2D eigenvalue weighted by atomic mass is 9.78. The monoisotopic (exact) mass is 916 g/mol. The third-order valence-corrected chi connectivity index (χ3v) is 14.8. The number of allylic oxidation sites excluding steroid dienone is 8. The second-order valence-electron chi connectivity index (χ2n) is 19.2. The molecule has 0 unspecified atom stereocenters. The van der Waals surface area contributed by atoms with Crippen molar-refractivity contribution in [3.05, 3.63) is 160 Å². The van der Waals surface area contributed by atoms with Crippen LogP contribution in [0.15, 0.2) is 138 Å². The number of imide groups is 1. The molecule has 1 saturated heterocycles. The summed E-state index contributed by atoms with van der Waals surface area (Å²) in [6, 6.07) is 32.9. The van der Waals surface area contributed by atoms with Crippen LogP contribution in [-0.4, -0.2) is 64.9 Å². The first-order valence-corrected chi connectivity index (χ1v) is 25.1. The minimum absolute atomic E-state index is 0.0122. The van der Waals surface area contributed by atoms with Gasteiger partial charge in [-0.1, -0.05) is 106 Å². The Balaban J connectivity index is 1.17. The third kappa shape index (κ3) is 8.59. The van der Waals surface area contributed by atoms with E-state index < -0.39 is 33.3 Å². The van der Waals surface area contributed by atoms with Crippen LogP contribution >= 0.6 is 0 Å². The van der Waals surface area contributed by atoms with Crippen LogP contribution in [0.3, 0.4) is 0 Å². The van der Waals surface area contributed by atoms with Crippen molar-refractivity contribution in [2.24, 2.45) is 0 Å². The molecule has 344 valence electrons. The zero-order valence-electron chi connectivity index (χ0n) is 39.0. The molecule has 0 radical (unpaired) electrons. The summed E-state index contributed by atoms with van der Waals surface area (Å²) in [5.74, 6) is -2.19. The Kier molecular flexibility index (Phi) is 12.3. The largest absolute Gasteiger partial charge is 0.363 e. The van der Waals surface area contributed by atoms with Crippen molar-refractivity contribution in [2.45, 2.75) is 96.8 Å². The predicted octanol–water partition coefficient (Wildman–Crippen LogP) is 11.5. The highest BCUT2D eigenvalue weighted by Gasteiger charge is 2.46. The van der Waals surface area contributed by atoms with Gasteiger partial charge in [0, 0.05) is 60.3 Å². The fraction of sp³-hybridized carbons (Fsp3) is 0.321. The summed E-state index contributed by atoms with van der Waals surface area (Å²) in [5, 5.41) is 5.32. The molecule has 0 aromatic heterocycles. The quantitative estimate of drug-likeness (QED) is 0.0703. The van der Waals surface area contributed by atoms with E-state index in [0.29, 0.717) is 11.6 Å². The van der Waals surface area contributed by atoms with Crippen LogP contribution in [0.5, 0.6) is 0 Å². The smallest absolute Gasteiger partial charge is 0.344 e. The molecule has 0 saturated carbocycles. The van der Waals surface area contributed by atoms with E-state index in [2.05, 4.69) is 129 Å². The number of amides is 2. The summed E-state index contributed by atoms with van der Waals surface area (Å²) in [7, 11) is -4.16. The van der Waals surface area contributed by atoms with Crippen LogP contribution in [0.1, 0.15) is 113 Å². The van der Waals surface area contributed by atoms with Gasteiger partial charge in [0.1, 0.15) is 6.54 Å². The Bertz CT molecular complexity index is 3120. The number of hydroxylamine groups is 2. The lowest BCUT2D eigenvalue weighted by Gasteiger charge is -2.28. The zero-order valence-corrected chi connectivity index (χ0v) is 39.8. The summed E-state index contributed by atoms with van der Waals surface area (Å²) in [6.07, 6.45) is 13.9. The van der Waals surface area contributed by atoms with Crippen molar-refractivity contribution in [3.63, 3.8) is 0 Å². The molecule has 0 spiro atoms. The van der Waals surface area contributed by atoms with Crippen LogP contribution in [0.4, 0.5) is 11.4 Å². The van der Waals surface area contributed by atoms with Crippen molar-refractivity contribution < 1.29 is 36.8 Å². The molecular weight excluding hydrogens is 859 g/mol. The second kappa shape index (κ2) is 18.0. The van der Waals surface area contributed by atoms with Crippen molar-refractivity contribution >= 4 is 72.1 Å². The Morgan fingerprint density at radius 2 is 1.42 bits per heavy atom. The lowest BCUT2D eigenvalue weighted by Crippen LogP contribution is -2.32. The van der Waals surface area contributed by atoms with E-state index >= 15 is 0 Å². The van der Waals surface area contributed by atoms with Gasteiger partial charge in [-0.3, -0.25) is 14.1 Å². The number of rotatable bonds is 13. The number of hydrogen-bond donors (Lipinski definition) is 1. The number of benzene rings is 5. The lowest BCUT2D eigenvalue weighted by molar-refractivity contribution is -0.438. The topological polar surface area (TPSA) is 124 Å². The molecule has 3 heterocycles. The Morgan fingerprint density at radius 3 is 2.09 bits per heavy atom. The molecule has 10 nitrogen and oxygen atoms in total. The number of anilines is 1. The molecule has 5 aromatic rings. The highest BCUT2D eigenvalue weighted by atomic mass is 32.2. The molecule has 11 heteroatoms. The van der Waals surface area contributed by atoms with Gasteiger partial charge in [-0.05, 0) is 119 Å². The van der Waals surface area contributed by atoms with E-state index in [4.69, 9.17) is 4.84 Å². The fourth-order valence-electron chi connectivity index (χ4n) is 10.8. The van der Waals surface area contributed by atoms with Gasteiger partial charge < -0.3 is 9.74 Å². The molecule has 1 aliphatic carbocycles. The average molecular weight is 917 g/mol. The van der Waals surface area contributed by atoms with Gasteiger partial charge in [0.25, 0.3) is 21.9 Å². The number of nitrogens with zero attached hydrogens (tertiary/aromatic N) is 3. The zero-order chi connectivity index (χ0) is 47.3. The van der Waals surface area contributed by atoms with Gasteiger partial charge >= 0.3 is 5.97 Å². The number of fused-ring (bicyclic) bond motifs is 6. The highest BCUT2D eigenvalue weighted by Crippen LogP contribution is 2.51. The summed E-state index contributed by atoms with van der Waals surface area (Å²) in [4.78, 5) is 45.3. The van der Waals surface area contributed by atoms with Crippen LogP contribution in [0.25, 0.3) is 27.1 Å². The predicted molar refractivity (Wildman–Crippen MR) is 266 cm³/mol. The Labute approximate surface area is 393 Å². The van der Waals surface area contributed by atoms with Gasteiger partial charge in [-0.15, -0.1) is 5.06 Å². The van der Waals surface area contributed by atoms with E-state index in [1.807, 2.05) is 24.3 Å². The van der Waals surface area contributed by atoms with Gasteiger partial charge in [-0.2, -0.15) is 13.0 Å². The van der Waals surface area contributed by atoms with Crippen LogP contribution in [-0.2, 0) is 35.4 Å². The SMILES string of the molecule is CCCC[N+]1=C(/C=C/C2=C(c3ccc(C(=O)ON4C(=O)CCC4=O)cc3)C(=C/C=C3/N(CCCS(=O)(=O)O)c4ccc5ccccc5c4C3(C)C)/CCC2)C(C)(C)c2c1ccc1ccccc21. The van der Waals surface area contributed by atoms with Gasteiger partial charge in [0.15, 0.2) is 5.71 Å². The standard InChI is InChI=1S/C56H57N3O7S/c1-6-7-34-57-45-28-24-37-14-8-10-18-43(37)52(45)55(2,3)47(57)30-26-39-16-12-17-40(51(39)41-20-22-42(23-21-41)54(62)66-59-49(60)32-33-50(59)61)27-31-48-56(4,5)53-44-19-11-9-15-38(44)25-29-46(53)58(48)35-13-36-67(63,64)65/h8-11,14-15,18-31H,6-7,12-13,16-17,32-36H2,1-5H3/p+1. The number of carbonyl (C=O) groups is 3. The molecule has 0 atom stereocenters.